The van der Waals surface area contributed by atoms with Gasteiger partial charge in [-0.2, -0.15) is 0 Å². The van der Waals surface area contributed by atoms with Gasteiger partial charge < -0.3 is 19.9 Å². The number of aliphatic hydroxyl groups is 1. The molecule has 0 radical (unpaired) electrons. The normalized spacial score (nSPS) is 14.7. The third kappa shape index (κ3) is 3.41. The minimum Gasteiger partial charge on any atom is -0.467 e. The molecular weight excluding hydrogens is 334 g/mol. The molecule has 2 aromatic rings. The lowest BCUT2D eigenvalue weighted by molar-refractivity contribution is -0.145. The van der Waals surface area contributed by atoms with Crippen molar-refractivity contribution in [1.82, 2.24) is 5.32 Å². The zero-order valence-electron chi connectivity index (χ0n) is 14.6. The number of esters is 1. The molecule has 2 N–H and O–H groups in total. The summed E-state index contributed by atoms with van der Waals surface area (Å²) in [6.07, 6.45) is -1.87. The van der Waals surface area contributed by atoms with Crippen molar-refractivity contribution in [2.45, 2.75) is 25.0 Å². The number of rotatable bonds is 5. The standard InChI is InChI=1S/C20H21NO5/c1-12(22)18(19(23)25-2)21-20(24)26-11-17-15-9-5-3-7-13(15)14-8-4-6-10-16(14)17/h3-10,12,17-18,22H,11H2,1-2H3,(H,21,24)/t12?,18-/m0/s1. The number of amides is 1. The van der Waals surface area contributed by atoms with Gasteiger partial charge >= 0.3 is 12.1 Å². The van der Waals surface area contributed by atoms with Crippen LogP contribution in [0.3, 0.4) is 0 Å². The second-order valence-corrected chi connectivity index (χ2v) is 6.21. The van der Waals surface area contributed by atoms with Crippen molar-refractivity contribution in [2.24, 2.45) is 0 Å². The van der Waals surface area contributed by atoms with Crippen LogP contribution in [-0.2, 0) is 14.3 Å². The molecule has 0 heterocycles. The summed E-state index contributed by atoms with van der Waals surface area (Å²) in [6.45, 7) is 1.53. The van der Waals surface area contributed by atoms with Crippen LogP contribution < -0.4 is 5.32 Å². The molecule has 0 fully saturated rings. The van der Waals surface area contributed by atoms with Crippen LogP contribution in [-0.4, -0.2) is 43.0 Å². The van der Waals surface area contributed by atoms with Gasteiger partial charge in [-0.25, -0.2) is 9.59 Å². The fraction of sp³-hybridized carbons (Fsp3) is 0.300. The Kier molecular flexibility index (Phi) is 5.23. The summed E-state index contributed by atoms with van der Waals surface area (Å²) >= 11 is 0. The summed E-state index contributed by atoms with van der Waals surface area (Å²) in [5.41, 5.74) is 4.46. The van der Waals surface area contributed by atoms with E-state index >= 15 is 0 Å². The van der Waals surface area contributed by atoms with Crippen LogP contribution in [0.1, 0.15) is 24.0 Å². The largest absolute Gasteiger partial charge is 0.467 e. The van der Waals surface area contributed by atoms with E-state index in [1.165, 1.54) is 14.0 Å². The predicted octanol–water partition coefficient (Wildman–Crippen LogP) is 2.45. The van der Waals surface area contributed by atoms with Gasteiger partial charge in [-0.1, -0.05) is 48.5 Å². The van der Waals surface area contributed by atoms with Gasteiger partial charge in [0, 0.05) is 5.92 Å². The highest BCUT2D eigenvalue weighted by atomic mass is 16.6. The van der Waals surface area contributed by atoms with Crippen LogP contribution in [0.5, 0.6) is 0 Å². The van der Waals surface area contributed by atoms with E-state index in [1.807, 2.05) is 36.4 Å². The maximum absolute atomic E-state index is 12.1. The number of ether oxygens (including phenoxy) is 2. The van der Waals surface area contributed by atoms with Crippen LogP contribution in [0.25, 0.3) is 11.1 Å². The van der Waals surface area contributed by atoms with Crippen molar-refractivity contribution in [1.29, 1.82) is 0 Å². The second kappa shape index (κ2) is 7.58. The number of methoxy groups -OCH3 is 1. The summed E-state index contributed by atoms with van der Waals surface area (Å²) in [7, 11) is 1.19. The first-order chi connectivity index (χ1) is 12.5. The van der Waals surface area contributed by atoms with Crippen molar-refractivity contribution in [3.05, 3.63) is 59.7 Å². The highest BCUT2D eigenvalue weighted by Crippen LogP contribution is 2.44. The van der Waals surface area contributed by atoms with Gasteiger partial charge in [-0.05, 0) is 29.2 Å². The Morgan fingerprint density at radius 3 is 2.12 bits per heavy atom. The molecule has 0 aromatic heterocycles. The fourth-order valence-corrected chi connectivity index (χ4v) is 3.27. The molecule has 0 spiro atoms. The van der Waals surface area contributed by atoms with Crippen LogP contribution in [0, 0.1) is 0 Å². The number of alkyl carbamates (subject to hydrolysis) is 1. The Hall–Kier alpha value is -2.86. The van der Waals surface area contributed by atoms with Gasteiger partial charge in [-0.15, -0.1) is 0 Å². The molecule has 0 bridgehead atoms. The van der Waals surface area contributed by atoms with Gasteiger partial charge in [0.05, 0.1) is 13.2 Å². The lowest BCUT2D eigenvalue weighted by Gasteiger charge is -2.20. The van der Waals surface area contributed by atoms with Gasteiger partial charge in [0.2, 0.25) is 0 Å². The van der Waals surface area contributed by atoms with E-state index in [0.29, 0.717) is 0 Å². The van der Waals surface area contributed by atoms with Gasteiger partial charge in [0.15, 0.2) is 6.04 Å². The molecule has 1 amide bonds. The Morgan fingerprint density at radius 2 is 1.62 bits per heavy atom. The van der Waals surface area contributed by atoms with Crippen molar-refractivity contribution in [3.8, 4) is 11.1 Å². The van der Waals surface area contributed by atoms with Gasteiger partial charge in [-0.3, -0.25) is 0 Å². The Morgan fingerprint density at radius 1 is 1.08 bits per heavy atom. The number of carbonyl (C=O) groups excluding carboxylic acids is 2. The van der Waals surface area contributed by atoms with E-state index in [2.05, 4.69) is 22.2 Å². The average Bonchev–Trinajstić information content (AvgIpc) is 2.97. The molecule has 1 aliphatic carbocycles. The molecule has 0 saturated carbocycles. The van der Waals surface area contributed by atoms with Crippen LogP contribution in [0.2, 0.25) is 0 Å². The number of hydrogen-bond donors (Lipinski definition) is 2. The Bertz CT molecular complexity index is 772. The first-order valence-corrected chi connectivity index (χ1v) is 8.40. The molecule has 6 nitrogen and oxygen atoms in total. The van der Waals surface area contributed by atoms with E-state index in [4.69, 9.17) is 4.74 Å². The average molecular weight is 355 g/mol. The molecule has 1 aliphatic rings. The number of aliphatic hydroxyl groups excluding tert-OH is 1. The third-order valence-corrected chi connectivity index (χ3v) is 4.55. The van der Waals surface area contributed by atoms with Crippen LogP contribution >= 0.6 is 0 Å². The second-order valence-electron chi connectivity index (χ2n) is 6.21. The number of carbonyl (C=O) groups is 2. The topological polar surface area (TPSA) is 84.9 Å². The Labute approximate surface area is 151 Å². The third-order valence-electron chi connectivity index (χ3n) is 4.55. The summed E-state index contributed by atoms with van der Waals surface area (Å²) in [4.78, 5) is 23.7. The number of benzene rings is 2. The molecule has 2 aromatic carbocycles. The minimum atomic E-state index is -1.17. The molecule has 2 atom stereocenters. The lowest BCUT2D eigenvalue weighted by atomic mass is 9.98. The van der Waals surface area contributed by atoms with E-state index < -0.39 is 24.2 Å². The van der Waals surface area contributed by atoms with E-state index in [9.17, 15) is 14.7 Å². The van der Waals surface area contributed by atoms with E-state index in [0.717, 1.165) is 22.3 Å². The van der Waals surface area contributed by atoms with Gasteiger partial charge in [0.25, 0.3) is 0 Å². The zero-order valence-corrected chi connectivity index (χ0v) is 14.6. The minimum absolute atomic E-state index is 0.0729. The monoisotopic (exact) mass is 355 g/mol. The number of nitrogens with one attached hydrogen (secondary N) is 1. The molecule has 26 heavy (non-hydrogen) atoms. The van der Waals surface area contributed by atoms with Crippen molar-refractivity contribution in [3.63, 3.8) is 0 Å². The number of fused-ring (bicyclic) bond motifs is 3. The van der Waals surface area contributed by atoms with Gasteiger partial charge in [0.1, 0.15) is 6.61 Å². The van der Waals surface area contributed by atoms with E-state index in [1.54, 1.807) is 0 Å². The quantitative estimate of drug-likeness (QED) is 0.805. The molecule has 136 valence electrons. The molecule has 0 saturated heterocycles. The summed E-state index contributed by atoms with van der Waals surface area (Å²) in [5, 5.41) is 12.0. The molecule has 3 rings (SSSR count). The molecule has 0 aliphatic heterocycles. The zero-order chi connectivity index (χ0) is 18.7. The van der Waals surface area contributed by atoms with Crippen LogP contribution in [0.4, 0.5) is 4.79 Å². The van der Waals surface area contributed by atoms with Crippen molar-refractivity contribution in [2.75, 3.05) is 13.7 Å². The highest BCUT2D eigenvalue weighted by Gasteiger charge is 2.31. The van der Waals surface area contributed by atoms with Crippen LogP contribution in [0.15, 0.2) is 48.5 Å². The molecule has 6 heteroatoms. The highest BCUT2D eigenvalue weighted by molar-refractivity contribution is 5.82. The summed E-state index contributed by atoms with van der Waals surface area (Å²) < 4.78 is 9.92. The maximum atomic E-state index is 12.1. The fourth-order valence-electron chi connectivity index (χ4n) is 3.27. The maximum Gasteiger partial charge on any atom is 0.407 e. The van der Waals surface area contributed by atoms with E-state index in [-0.39, 0.29) is 12.5 Å². The Balaban J connectivity index is 1.72. The first-order valence-electron chi connectivity index (χ1n) is 8.40. The molecular formula is C20H21NO5. The lowest BCUT2D eigenvalue weighted by Crippen LogP contribution is -2.48. The summed E-state index contributed by atoms with van der Waals surface area (Å²) in [6, 6.07) is 14.9. The summed E-state index contributed by atoms with van der Waals surface area (Å²) in [5.74, 6) is -0.801. The predicted molar refractivity (Wildman–Crippen MR) is 95.7 cm³/mol. The SMILES string of the molecule is COC(=O)[C@@H](NC(=O)OCC1c2ccccc2-c2ccccc21)C(C)O. The smallest absolute Gasteiger partial charge is 0.407 e. The van der Waals surface area contributed by atoms with Crippen molar-refractivity contribution >= 4 is 12.1 Å². The first kappa shape index (κ1) is 17.9. The number of hydrogen-bond acceptors (Lipinski definition) is 5. The van der Waals surface area contributed by atoms with Crippen molar-refractivity contribution < 1.29 is 24.2 Å². The molecule has 1 unspecified atom stereocenters.